The molecule has 164 valence electrons. The van der Waals surface area contributed by atoms with Crippen LogP contribution in [-0.2, 0) is 22.3 Å². The highest BCUT2D eigenvalue weighted by Crippen LogP contribution is 2.50. The Kier molecular flexibility index (Phi) is 5.46. The van der Waals surface area contributed by atoms with Gasteiger partial charge in [-0.15, -0.1) is 0 Å². The predicted octanol–water partition coefficient (Wildman–Crippen LogP) is 6.16. The van der Waals surface area contributed by atoms with E-state index in [1.165, 1.54) is 37.8 Å². The Balaban J connectivity index is 1.47. The van der Waals surface area contributed by atoms with Crippen LogP contribution in [0, 0.1) is 35.9 Å². The molecule has 31 heavy (non-hydrogen) atoms. The summed E-state index contributed by atoms with van der Waals surface area (Å²) in [6.07, 6.45) is 7.93. The number of ether oxygens (including phenoxy) is 1. The van der Waals surface area contributed by atoms with Crippen molar-refractivity contribution in [3.05, 3.63) is 51.8 Å². The molecule has 6 heteroatoms. The number of nitriles is 1. The normalized spacial score (nSPS) is 28.5. The van der Waals surface area contributed by atoms with Crippen LogP contribution in [0.1, 0.15) is 68.4 Å². The summed E-state index contributed by atoms with van der Waals surface area (Å²) in [6.45, 7) is 3.89. The van der Waals surface area contributed by atoms with Gasteiger partial charge in [-0.25, -0.2) is 9.37 Å². The third-order valence-electron chi connectivity index (χ3n) is 7.52. The maximum absolute atomic E-state index is 13.5. The van der Waals surface area contributed by atoms with Crippen LogP contribution in [0.3, 0.4) is 0 Å². The fourth-order valence-corrected chi connectivity index (χ4v) is 5.33. The van der Waals surface area contributed by atoms with Crippen molar-refractivity contribution in [2.75, 3.05) is 6.61 Å². The van der Waals surface area contributed by atoms with Gasteiger partial charge >= 0.3 is 0 Å². The SMILES string of the molecule is Cc1c(Br)nc(C2(OCC3CC3)CCC(C#N)(c3ccc(F)cc3)CC2)n1CC1CC1. The maximum Gasteiger partial charge on any atom is 0.142 e. The zero-order valence-electron chi connectivity index (χ0n) is 18.0. The first-order valence-electron chi connectivity index (χ1n) is 11.5. The number of aromatic nitrogens is 2. The molecule has 0 aliphatic heterocycles. The van der Waals surface area contributed by atoms with Crippen molar-refractivity contribution in [1.82, 2.24) is 9.55 Å². The predicted molar refractivity (Wildman–Crippen MR) is 120 cm³/mol. The van der Waals surface area contributed by atoms with Gasteiger partial charge in [0.15, 0.2) is 0 Å². The van der Waals surface area contributed by atoms with Crippen LogP contribution >= 0.6 is 15.9 Å². The van der Waals surface area contributed by atoms with Crippen LogP contribution in [0.15, 0.2) is 28.9 Å². The molecule has 0 spiro atoms. The van der Waals surface area contributed by atoms with E-state index in [0.717, 1.165) is 53.6 Å². The molecule has 0 saturated heterocycles. The van der Waals surface area contributed by atoms with Crippen molar-refractivity contribution < 1.29 is 9.13 Å². The van der Waals surface area contributed by atoms with E-state index in [9.17, 15) is 9.65 Å². The molecule has 5 rings (SSSR count). The highest BCUT2D eigenvalue weighted by atomic mass is 79.9. The zero-order valence-corrected chi connectivity index (χ0v) is 19.6. The van der Waals surface area contributed by atoms with Gasteiger partial charge < -0.3 is 9.30 Å². The van der Waals surface area contributed by atoms with Crippen LogP contribution in [-0.4, -0.2) is 16.2 Å². The zero-order chi connectivity index (χ0) is 21.6. The first kappa shape index (κ1) is 21.2. The van der Waals surface area contributed by atoms with Gasteiger partial charge in [0.2, 0.25) is 0 Å². The lowest BCUT2D eigenvalue weighted by Crippen LogP contribution is -2.43. The van der Waals surface area contributed by atoms with Crippen molar-refractivity contribution in [1.29, 1.82) is 5.26 Å². The molecule has 2 aromatic rings. The van der Waals surface area contributed by atoms with Crippen molar-refractivity contribution in [2.24, 2.45) is 11.8 Å². The number of hydrogen-bond acceptors (Lipinski definition) is 3. The van der Waals surface area contributed by atoms with E-state index >= 15 is 0 Å². The van der Waals surface area contributed by atoms with Crippen LogP contribution in [0.2, 0.25) is 0 Å². The fraction of sp³-hybridized carbons (Fsp3) is 0.600. The first-order valence-corrected chi connectivity index (χ1v) is 12.3. The Morgan fingerprint density at radius 1 is 1.13 bits per heavy atom. The molecule has 0 radical (unpaired) electrons. The number of imidazole rings is 1. The molecule has 0 unspecified atom stereocenters. The van der Waals surface area contributed by atoms with E-state index in [1.54, 1.807) is 12.1 Å². The Labute approximate surface area is 191 Å². The number of hydrogen-bond donors (Lipinski definition) is 0. The summed E-state index contributed by atoms with van der Waals surface area (Å²) in [7, 11) is 0. The van der Waals surface area contributed by atoms with E-state index in [-0.39, 0.29) is 5.82 Å². The number of halogens is 2. The lowest BCUT2D eigenvalue weighted by Gasteiger charge is -2.43. The maximum atomic E-state index is 13.5. The average Bonchev–Trinajstić information content (AvgIpc) is 3.70. The first-order chi connectivity index (χ1) is 14.9. The molecule has 3 fully saturated rings. The third-order valence-corrected chi connectivity index (χ3v) is 8.27. The van der Waals surface area contributed by atoms with E-state index in [1.807, 2.05) is 0 Å². The number of benzene rings is 1. The van der Waals surface area contributed by atoms with Gasteiger partial charge in [0.25, 0.3) is 0 Å². The third kappa shape index (κ3) is 4.07. The van der Waals surface area contributed by atoms with Crippen LogP contribution in [0.25, 0.3) is 0 Å². The molecule has 1 heterocycles. The molecular weight excluding hydrogens is 457 g/mol. The summed E-state index contributed by atoms with van der Waals surface area (Å²) >= 11 is 3.66. The molecule has 3 aliphatic rings. The topological polar surface area (TPSA) is 50.8 Å². The van der Waals surface area contributed by atoms with Gasteiger partial charge in [0.05, 0.1) is 18.1 Å². The molecule has 0 amide bonds. The van der Waals surface area contributed by atoms with Crippen molar-refractivity contribution in [3.63, 3.8) is 0 Å². The minimum absolute atomic E-state index is 0.266. The highest BCUT2D eigenvalue weighted by Gasteiger charge is 2.49. The van der Waals surface area contributed by atoms with Gasteiger partial charge in [0, 0.05) is 12.2 Å². The van der Waals surface area contributed by atoms with Crippen LogP contribution in [0.4, 0.5) is 4.39 Å². The molecule has 0 bridgehead atoms. The second kappa shape index (κ2) is 8.01. The van der Waals surface area contributed by atoms with Crippen molar-refractivity contribution in [3.8, 4) is 6.07 Å². The monoisotopic (exact) mass is 485 g/mol. The molecule has 1 aromatic heterocycles. The largest absolute Gasteiger partial charge is 0.367 e. The summed E-state index contributed by atoms with van der Waals surface area (Å²) < 4.78 is 23.5. The number of nitrogens with zero attached hydrogens (tertiary/aromatic N) is 3. The number of rotatable bonds is 7. The average molecular weight is 486 g/mol. The minimum atomic E-state index is -0.597. The smallest absolute Gasteiger partial charge is 0.142 e. The summed E-state index contributed by atoms with van der Waals surface area (Å²) in [4.78, 5) is 4.97. The highest BCUT2D eigenvalue weighted by molar-refractivity contribution is 9.10. The lowest BCUT2D eigenvalue weighted by atomic mass is 9.65. The molecule has 4 nitrogen and oxygen atoms in total. The quantitative estimate of drug-likeness (QED) is 0.471. The molecule has 3 saturated carbocycles. The Morgan fingerprint density at radius 2 is 1.77 bits per heavy atom. The molecular formula is C25H29BrFN3O. The van der Waals surface area contributed by atoms with E-state index < -0.39 is 11.0 Å². The fourth-order valence-electron chi connectivity index (χ4n) is 4.94. The van der Waals surface area contributed by atoms with Gasteiger partial charge in [0.1, 0.15) is 21.8 Å². The van der Waals surface area contributed by atoms with E-state index in [0.29, 0.717) is 18.8 Å². The standard InChI is InChI=1S/C25H29BrFN3O/c1-17-22(26)29-23(30(17)14-18-2-3-18)25(31-15-19-4-5-19)12-10-24(16-28,11-13-25)20-6-8-21(27)9-7-20/h6-9,18-19H,2-5,10-15H2,1H3. The molecule has 0 atom stereocenters. The lowest BCUT2D eigenvalue weighted by molar-refractivity contribution is -0.0960. The summed E-state index contributed by atoms with van der Waals surface area (Å²) in [6, 6.07) is 9.04. The summed E-state index contributed by atoms with van der Waals surface area (Å²) in [5, 5.41) is 10.2. The van der Waals surface area contributed by atoms with Crippen molar-refractivity contribution >= 4 is 15.9 Å². The Bertz CT molecular complexity index is 993. The van der Waals surface area contributed by atoms with Gasteiger partial charge in [-0.05, 0) is 104 Å². The molecule has 3 aliphatic carbocycles. The van der Waals surface area contributed by atoms with Gasteiger partial charge in [-0.2, -0.15) is 5.26 Å². The second-order valence-corrected chi connectivity index (χ2v) is 10.6. The summed E-state index contributed by atoms with van der Waals surface area (Å²) in [5.74, 6) is 2.15. The van der Waals surface area contributed by atoms with Gasteiger partial charge in [-0.1, -0.05) is 12.1 Å². The summed E-state index contributed by atoms with van der Waals surface area (Å²) in [5.41, 5.74) is 1.01. The minimum Gasteiger partial charge on any atom is -0.367 e. The van der Waals surface area contributed by atoms with E-state index in [2.05, 4.69) is 33.5 Å². The Hall–Kier alpha value is -1.71. The Morgan fingerprint density at radius 3 is 2.35 bits per heavy atom. The van der Waals surface area contributed by atoms with Crippen LogP contribution < -0.4 is 0 Å². The van der Waals surface area contributed by atoms with Gasteiger partial charge in [-0.3, -0.25) is 0 Å². The molecule has 1 aromatic carbocycles. The van der Waals surface area contributed by atoms with Crippen molar-refractivity contribution in [2.45, 2.75) is 75.9 Å². The van der Waals surface area contributed by atoms with E-state index in [4.69, 9.17) is 9.72 Å². The van der Waals surface area contributed by atoms with Crippen LogP contribution in [0.5, 0.6) is 0 Å². The second-order valence-electron chi connectivity index (χ2n) is 9.82. The molecule has 0 N–H and O–H groups in total.